The highest BCUT2D eigenvalue weighted by Crippen LogP contribution is 2.32. The highest BCUT2D eigenvalue weighted by molar-refractivity contribution is 5.94. The Morgan fingerprint density at radius 1 is 1.37 bits per heavy atom. The van der Waals surface area contributed by atoms with Crippen LogP contribution >= 0.6 is 0 Å². The predicted molar refractivity (Wildman–Crippen MR) is 66.6 cm³/mol. The second-order valence-electron chi connectivity index (χ2n) is 4.31. The van der Waals surface area contributed by atoms with Gasteiger partial charge in [-0.2, -0.15) is 13.2 Å². The lowest BCUT2D eigenvalue weighted by molar-refractivity contribution is -0.137. The normalized spacial score (nSPS) is 11.4. The molecule has 1 rings (SSSR count). The second-order valence-corrected chi connectivity index (χ2v) is 4.31. The Balaban J connectivity index is 3.15. The van der Waals surface area contributed by atoms with E-state index in [1.807, 2.05) is 6.92 Å². The summed E-state index contributed by atoms with van der Waals surface area (Å²) in [6, 6.07) is 2.80. The summed E-state index contributed by atoms with van der Waals surface area (Å²) in [5, 5.41) is 9.04. The summed E-state index contributed by atoms with van der Waals surface area (Å²) >= 11 is 0. The molecule has 0 saturated heterocycles. The van der Waals surface area contributed by atoms with E-state index >= 15 is 0 Å². The summed E-state index contributed by atoms with van der Waals surface area (Å²) in [5.74, 6) is -1.36. The van der Waals surface area contributed by atoms with Gasteiger partial charge in [0, 0.05) is 13.6 Å². The molecule has 0 radical (unpaired) electrons. The minimum atomic E-state index is -4.54. The average molecular weight is 275 g/mol. The van der Waals surface area contributed by atoms with Crippen LogP contribution in [0.15, 0.2) is 18.2 Å². The van der Waals surface area contributed by atoms with Crippen LogP contribution in [-0.2, 0) is 6.18 Å². The first-order valence-corrected chi connectivity index (χ1v) is 5.93. The zero-order valence-electron chi connectivity index (χ0n) is 10.8. The van der Waals surface area contributed by atoms with Gasteiger partial charge in [-0.15, -0.1) is 0 Å². The second kappa shape index (κ2) is 5.95. The first-order chi connectivity index (χ1) is 8.77. The van der Waals surface area contributed by atoms with E-state index in [9.17, 15) is 18.0 Å². The molecule has 0 aliphatic rings. The van der Waals surface area contributed by atoms with Crippen LogP contribution in [0.5, 0.6) is 0 Å². The third-order valence-corrected chi connectivity index (χ3v) is 2.81. The van der Waals surface area contributed by atoms with Gasteiger partial charge in [0.1, 0.15) is 0 Å². The lowest BCUT2D eigenvalue weighted by atomic mass is 10.1. The minimum Gasteiger partial charge on any atom is -0.478 e. The first kappa shape index (κ1) is 15.3. The molecule has 3 nitrogen and oxygen atoms in total. The lowest BCUT2D eigenvalue weighted by Crippen LogP contribution is -2.21. The van der Waals surface area contributed by atoms with Gasteiger partial charge in [-0.25, -0.2) is 4.79 Å². The smallest absolute Gasteiger partial charge is 0.416 e. The molecule has 0 atom stereocenters. The topological polar surface area (TPSA) is 40.5 Å². The van der Waals surface area contributed by atoms with Crippen LogP contribution in [0.3, 0.4) is 0 Å². The van der Waals surface area contributed by atoms with Gasteiger partial charge in [-0.05, 0) is 24.6 Å². The van der Waals surface area contributed by atoms with Crippen LogP contribution in [0.4, 0.5) is 18.9 Å². The third-order valence-electron chi connectivity index (χ3n) is 2.81. The van der Waals surface area contributed by atoms with Gasteiger partial charge < -0.3 is 10.0 Å². The van der Waals surface area contributed by atoms with E-state index in [0.29, 0.717) is 18.3 Å². The highest BCUT2D eigenvalue weighted by Gasteiger charge is 2.32. The number of carbonyl (C=O) groups is 1. The van der Waals surface area contributed by atoms with Gasteiger partial charge in [0.25, 0.3) is 0 Å². The van der Waals surface area contributed by atoms with Crippen LogP contribution in [0.1, 0.15) is 35.7 Å². The largest absolute Gasteiger partial charge is 0.478 e. The maximum atomic E-state index is 12.6. The van der Waals surface area contributed by atoms with Gasteiger partial charge >= 0.3 is 12.1 Å². The van der Waals surface area contributed by atoms with Crippen LogP contribution < -0.4 is 4.90 Å². The number of alkyl halides is 3. The number of halogens is 3. The molecular formula is C13H16F3NO2. The minimum absolute atomic E-state index is 0.300. The number of unbranched alkanes of at least 4 members (excludes halogenated alkanes) is 1. The monoisotopic (exact) mass is 275 g/mol. The Morgan fingerprint density at radius 2 is 2.00 bits per heavy atom. The van der Waals surface area contributed by atoms with E-state index in [1.54, 1.807) is 11.9 Å². The van der Waals surface area contributed by atoms with Gasteiger partial charge in [-0.3, -0.25) is 0 Å². The van der Waals surface area contributed by atoms with Crippen molar-refractivity contribution < 1.29 is 23.1 Å². The zero-order chi connectivity index (χ0) is 14.6. The van der Waals surface area contributed by atoms with E-state index in [0.717, 1.165) is 18.9 Å². The van der Waals surface area contributed by atoms with Crippen molar-refractivity contribution in [2.45, 2.75) is 25.9 Å². The summed E-state index contributed by atoms with van der Waals surface area (Å²) in [6.07, 6.45) is -2.77. The molecule has 6 heteroatoms. The molecule has 0 spiro atoms. The molecule has 0 heterocycles. The van der Waals surface area contributed by atoms with Crippen LogP contribution in [0.2, 0.25) is 0 Å². The fraction of sp³-hybridized carbons (Fsp3) is 0.462. The molecule has 106 valence electrons. The van der Waals surface area contributed by atoms with Crippen LogP contribution in [-0.4, -0.2) is 24.7 Å². The number of carboxylic acids is 1. The van der Waals surface area contributed by atoms with Crippen molar-refractivity contribution in [2.75, 3.05) is 18.5 Å². The van der Waals surface area contributed by atoms with Crippen LogP contribution in [0, 0.1) is 0 Å². The van der Waals surface area contributed by atoms with Gasteiger partial charge in [0.2, 0.25) is 0 Å². The molecule has 19 heavy (non-hydrogen) atoms. The SMILES string of the molecule is CCCCN(C)c1ccc(C(F)(F)F)cc1C(=O)O. The van der Waals surface area contributed by atoms with Crippen molar-refractivity contribution in [3.63, 3.8) is 0 Å². The van der Waals surface area contributed by atoms with Gasteiger partial charge in [0.05, 0.1) is 16.8 Å². The average Bonchev–Trinajstić information content (AvgIpc) is 2.34. The highest BCUT2D eigenvalue weighted by atomic mass is 19.4. The Bertz CT molecular complexity index is 458. The molecule has 0 saturated carbocycles. The Labute approximate surface area is 109 Å². The summed E-state index contributed by atoms with van der Waals surface area (Å²) < 4.78 is 37.7. The fourth-order valence-corrected chi connectivity index (χ4v) is 1.73. The Kier molecular flexibility index (Phi) is 4.80. The van der Waals surface area contributed by atoms with Crippen LogP contribution in [0.25, 0.3) is 0 Å². The van der Waals surface area contributed by atoms with E-state index in [1.165, 1.54) is 6.07 Å². The Hall–Kier alpha value is -1.72. The van der Waals surface area contributed by atoms with Crippen molar-refractivity contribution in [3.05, 3.63) is 29.3 Å². The molecule has 0 aromatic heterocycles. The number of aromatic carboxylic acids is 1. The molecule has 1 aromatic rings. The number of hydrogen-bond acceptors (Lipinski definition) is 2. The van der Waals surface area contributed by atoms with Gasteiger partial charge in [-0.1, -0.05) is 13.3 Å². The fourth-order valence-electron chi connectivity index (χ4n) is 1.73. The van der Waals surface area contributed by atoms with Crippen molar-refractivity contribution in [2.24, 2.45) is 0 Å². The number of hydrogen-bond donors (Lipinski definition) is 1. The summed E-state index contributed by atoms with van der Waals surface area (Å²) in [6.45, 7) is 2.58. The van der Waals surface area contributed by atoms with Gasteiger partial charge in [0.15, 0.2) is 0 Å². The summed E-state index contributed by atoms with van der Waals surface area (Å²) in [5.41, 5.74) is -0.972. The molecule has 0 aliphatic heterocycles. The summed E-state index contributed by atoms with van der Waals surface area (Å²) in [4.78, 5) is 12.7. The number of benzene rings is 1. The maximum absolute atomic E-state index is 12.6. The first-order valence-electron chi connectivity index (χ1n) is 5.93. The molecular weight excluding hydrogens is 259 g/mol. The number of nitrogens with zero attached hydrogens (tertiary/aromatic N) is 1. The Morgan fingerprint density at radius 3 is 2.47 bits per heavy atom. The van der Waals surface area contributed by atoms with E-state index in [4.69, 9.17) is 5.11 Å². The van der Waals surface area contributed by atoms with Crippen molar-refractivity contribution >= 4 is 11.7 Å². The van der Waals surface area contributed by atoms with E-state index < -0.39 is 17.7 Å². The standard InChI is InChI=1S/C13H16F3NO2/c1-3-4-7-17(2)11-6-5-9(13(14,15)16)8-10(11)12(18)19/h5-6,8H,3-4,7H2,1-2H3,(H,18,19). The number of carboxylic acid groups (broad SMARTS) is 1. The quantitative estimate of drug-likeness (QED) is 0.891. The third kappa shape index (κ3) is 3.87. The summed E-state index contributed by atoms with van der Waals surface area (Å²) in [7, 11) is 1.67. The lowest BCUT2D eigenvalue weighted by Gasteiger charge is -2.21. The molecule has 1 aromatic carbocycles. The number of anilines is 1. The maximum Gasteiger partial charge on any atom is 0.416 e. The molecule has 0 fully saturated rings. The zero-order valence-corrected chi connectivity index (χ0v) is 10.8. The molecule has 0 bridgehead atoms. The molecule has 0 aliphatic carbocycles. The van der Waals surface area contributed by atoms with Crippen molar-refractivity contribution in [3.8, 4) is 0 Å². The van der Waals surface area contributed by atoms with E-state index in [-0.39, 0.29) is 5.56 Å². The predicted octanol–water partition coefficient (Wildman–Crippen LogP) is 3.64. The molecule has 1 N–H and O–H groups in total. The number of rotatable bonds is 5. The molecule has 0 unspecified atom stereocenters. The van der Waals surface area contributed by atoms with E-state index in [2.05, 4.69) is 0 Å². The van der Waals surface area contributed by atoms with Crippen molar-refractivity contribution in [1.82, 2.24) is 0 Å². The molecule has 0 amide bonds. The van der Waals surface area contributed by atoms with Crippen molar-refractivity contribution in [1.29, 1.82) is 0 Å².